The molecular formula is C28H38O9. The van der Waals surface area contributed by atoms with Crippen molar-refractivity contribution in [3.8, 4) is 0 Å². The van der Waals surface area contributed by atoms with Crippen LogP contribution in [0.1, 0.15) is 74.1 Å². The highest BCUT2D eigenvalue weighted by Gasteiger charge is 2.59. The molecule has 0 radical (unpaired) electrons. The van der Waals surface area contributed by atoms with Crippen molar-refractivity contribution < 1.29 is 43.2 Å². The number of hydrogen-bond donors (Lipinski definition) is 1. The van der Waals surface area contributed by atoms with Crippen LogP contribution < -0.4 is 0 Å². The fourth-order valence-electron chi connectivity index (χ4n) is 6.05. The van der Waals surface area contributed by atoms with E-state index in [9.17, 15) is 24.3 Å². The van der Waals surface area contributed by atoms with Gasteiger partial charge in [-0.15, -0.1) is 0 Å². The van der Waals surface area contributed by atoms with E-state index in [1.54, 1.807) is 26.8 Å². The minimum Gasteiger partial charge on any atom is -0.461 e. The van der Waals surface area contributed by atoms with Crippen molar-refractivity contribution in [1.29, 1.82) is 0 Å². The molecule has 37 heavy (non-hydrogen) atoms. The van der Waals surface area contributed by atoms with E-state index in [2.05, 4.69) is 0 Å². The topological polar surface area (TPSA) is 125 Å². The molecule has 0 saturated carbocycles. The Morgan fingerprint density at radius 3 is 2.35 bits per heavy atom. The van der Waals surface area contributed by atoms with Crippen LogP contribution in [0.15, 0.2) is 34.4 Å². The average molecular weight is 519 g/mol. The van der Waals surface area contributed by atoms with Gasteiger partial charge in [-0.25, -0.2) is 4.79 Å². The number of carbonyl (C=O) groups is 4. The molecule has 9 nitrogen and oxygen atoms in total. The lowest BCUT2D eigenvalue weighted by Crippen LogP contribution is -2.61. The number of fused-ring (bicyclic) bond motifs is 2. The lowest BCUT2D eigenvalue weighted by atomic mass is 9.57. The molecular weight excluding hydrogens is 480 g/mol. The molecule has 3 rings (SSSR count). The lowest BCUT2D eigenvalue weighted by molar-refractivity contribution is -0.205. The maximum absolute atomic E-state index is 12.7. The number of rotatable bonds is 5. The van der Waals surface area contributed by atoms with Gasteiger partial charge in [0.15, 0.2) is 0 Å². The van der Waals surface area contributed by atoms with Crippen molar-refractivity contribution >= 4 is 23.9 Å². The van der Waals surface area contributed by atoms with Gasteiger partial charge in [0.1, 0.15) is 24.4 Å². The van der Waals surface area contributed by atoms with E-state index < -0.39 is 65.7 Å². The van der Waals surface area contributed by atoms with Crippen molar-refractivity contribution in [3.63, 3.8) is 0 Å². The third kappa shape index (κ3) is 5.66. The van der Waals surface area contributed by atoms with Gasteiger partial charge in [0, 0.05) is 50.2 Å². The second-order valence-electron chi connectivity index (χ2n) is 10.5. The smallest absolute Gasteiger partial charge is 0.334 e. The Morgan fingerprint density at radius 1 is 1.11 bits per heavy atom. The summed E-state index contributed by atoms with van der Waals surface area (Å²) >= 11 is 0. The molecule has 1 heterocycles. The Labute approximate surface area is 217 Å². The van der Waals surface area contributed by atoms with Crippen LogP contribution in [-0.2, 0) is 38.1 Å². The normalized spacial score (nSPS) is 33.8. The molecule has 0 fully saturated rings. The fourth-order valence-corrected chi connectivity index (χ4v) is 6.05. The van der Waals surface area contributed by atoms with Gasteiger partial charge in [0.05, 0.1) is 11.5 Å². The second-order valence-corrected chi connectivity index (χ2v) is 10.5. The summed E-state index contributed by atoms with van der Waals surface area (Å²) in [5.74, 6) is -2.87. The van der Waals surface area contributed by atoms with Crippen molar-refractivity contribution in [3.05, 3.63) is 34.4 Å². The zero-order valence-corrected chi connectivity index (χ0v) is 22.7. The summed E-state index contributed by atoms with van der Waals surface area (Å²) in [6.45, 7) is 11.4. The first-order valence-corrected chi connectivity index (χ1v) is 12.8. The standard InChI is InChI=1S/C28H38O9/c1-8-9-22(31)36-20-13-14(2)12-19-23(16(4)27(33)37-19)25(32)24-15(3)10-11-21(34-17(5)29)28(24,7)26(20)35-18(6)30/h10,12,19-21,24-26,32H,8-9,11,13H2,1-7H3. The molecule has 3 aliphatic rings. The lowest BCUT2D eigenvalue weighted by Gasteiger charge is -2.53. The SMILES string of the molecule is CCCC(=O)OC1CC(C)=CC2OC(=O)C(C)=C2C(O)C2C(C)=CCC(OC(C)=O)C2(C)C1OC(C)=O. The molecule has 0 amide bonds. The highest BCUT2D eigenvalue weighted by atomic mass is 16.6. The zero-order chi connectivity index (χ0) is 27.7. The first-order valence-electron chi connectivity index (χ1n) is 12.8. The van der Waals surface area contributed by atoms with Gasteiger partial charge in [0.25, 0.3) is 0 Å². The highest BCUT2D eigenvalue weighted by molar-refractivity contribution is 5.92. The van der Waals surface area contributed by atoms with Gasteiger partial charge in [-0.1, -0.05) is 31.1 Å². The molecule has 0 aromatic carbocycles. The van der Waals surface area contributed by atoms with E-state index in [4.69, 9.17) is 18.9 Å². The van der Waals surface area contributed by atoms with Crippen molar-refractivity contribution in [2.75, 3.05) is 0 Å². The van der Waals surface area contributed by atoms with Crippen LogP contribution in [0.25, 0.3) is 0 Å². The Hall–Kier alpha value is -2.94. The Morgan fingerprint density at radius 2 is 1.76 bits per heavy atom. The van der Waals surface area contributed by atoms with Crippen molar-refractivity contribution in [2.45, 2.75) is 105 Å². The summed E-state index contributed by atoms with van der Waals surface area (Å²) < 4.78 is 23.2. The minimum atomic E-state index is -1.23. The third-order valence-corrected chi connectivity index (χ3v) is 7.67. The summed E-state index contributed by atoms with van der Waals surface area (Å²) in [6, 6.07) is 0. The van der Waals surface area contributed by atoms with Gasteiger partial charge in [-0.2, -0.15) is 0 Å². The van der Waals surface area contributed by atoms with Crippen LogP contribution in [0.2, 0.25) is 0 Å². The summed E-state index contributed by atoms with van der Waals surface area (Å²) in [5.41, 5.74) is 0.988. The van der Waals surface area contributed by atoms with E-state index in [0.717, 1.165) is 11.1 Å². The first kappa shape index (κ1) is 28.6. The second kappa shape index (κ2) is 11.2. The molecule has 0 saturated heterocycles. The van der Waals surface area contributed by atoms with Crippen LogP contribution in [0, 0.1) is 11.3 Å². The molecule has 0 bridgehead atoms. The number of ether oxygens (including phenoxy) is 4. The maximum atomic E-state index is 12.7. The quantitative estimate of drug-likeness (QED) is 0.331. The zero-order valence-electron chi connectivity index (χ0n) is 22.7. The summed E-state index contributed by atoms with van der Waals surface area (Å²) in [5, 5.41) is 11.9. The van der Waals surface area contributed by atoms with Crippen molar-refractivity contribution in [1.82, 2.24) is 0 Å². The van der Waals surface area contributed by atoms with Crippen LogP contribution in [0.4, 0.5) is 0 Å². The third-order valence-electron chi connectivity index (χ3n) is 7.67. The van der Waals surface area contributed by atoms with E-state index >= 15 is 0 Å². The van der Waals surface area contributed by atoms with Gasteiger partial charge in [-0.3, -0.25) is 14.4 Å². The van der Waals surface area contributed by atoms with Crippen LogP contribution in [-0.4, -0.2) is 59.5 Å². The van der Waals surface area contributed by atoms with Gasteiger partial charge >= 0.3 is 23.9 Å². The Balaban J connectivity index is 2.32. The Kier molecular flexibility index (Phi) is 8.67. The molecule has 1 aliphatic heterocycles. The molecule has 7 atom stereocenters. The van der Waals surface area contributed by atoms with Gasteiger partial charge in [-0.05, 0) is 33.3 Å². The van der Waals surface area contributed by atoms with E-state index in [1.165, 1.54) is 13.8 Å². The number of aliphatic hydroxyl groups excluding tert-OH is 1. The van der Waals surface area contributed by atoms with E-state index in [-0.39, 0.29) is 12.8 Å². The number of aliphatic hydroxyl groups is 1. The predicted molar refractivity (Wildman–Crippen MR) is 133 cm³/mol. The van der Waals surface area contributed by atoms with Crippen LogP contribution in [0.3, 0.4) is 0 Å². The van der Waals surface area contributed by atoms with Gasteiger partial charge < -0.3 is 24.1 Å². The number of hydrogen-bond acceptors (Lipinski definition) is 9. The summed E-state index contributed by atoms with van der Waals surface area (Å²) in [4.78, 5) is 49.9. The summed E-state index contributed by atoms with van der Waals surface area (Å²) in [7, 11) is 0. The van der Waals surface area contributed by atoms with Crippen LogP contribution >= 0.6 is 0 Å². The first-order chi connectivity index (χ1) is 17.3. The van der Waals surface area contributed by atoms with Crippen molar-refractivity contribution in [2.24, 2.45) is 11.3 Å². The molecule has 204 valence electrons. The largest absolute Gasteiger partial charge is 0.461 e. The molecule has 0 aromatic rings. The van der Waals surface area contributed by atoms with Gasteiger partial charge in [0.2, 0.25) is 0 Å². The van der Waals surface area contributed by atoms with E-state index in [0.29, 0.717) is 24.0 Å². The van der Waals surface area contributed by atoms with E-state index in [1.807, 2.05) is 19.9 Å². The highest BCUT2D eigenvalue weighted by Crippen LogP contribution is 2.52. The Bertz CT molecular complexity index is 1050. The average Bonchev–Trinajstić information content (AvgIpc) is 3.05. The molecule has 0 aromatic heterocycles. The summed E-state index contributed by atoms with van der Waals surface area (Å²) in [6.07, 6.45) is -0.0158. The fraction of sp³-hybridized carbons (Fsp3) is 0.643. The minimum absolute atomic E-state index is 0.174. The molecule has 7 unspecified atom stereocenters. The predicted octanol–water partition coefficient (Wildman–Crippen LogP) is 3.49. The molecule has 0 spiro atoms. The molecule has 1 N–H and O–H groups in total. The molecule has 9 heteroatoms. The van der Waals surface area contributed by atoms with Crippen LogP contribution in [0.5, 0.6) is 0 Å². The number of esters is 4. The monoisotopic (exact) mass is 518 g/mol. The number of carbonyl (C=O) groups excluding carboxylic acids is 4. The molecule has 2 aliphatic carbocycles. The maximum Gasteiger partial charge on any atom is 0.334 e.